The van der Waals surface area contributed by atoms with Gasteiger partial charge in [-0.3, -0.25) is 14.2 Å². The molecule has 0 saturated heterocycles. The van der Waals surface area contributed by atoms with Gasteiger partial charge in [-0.1, -0.05) is 23.2 Å². The molecule has 0 aliphatic heterocycles. The standard InChI is InChI=1S/C15H18Cl2F3N5O/c1-9-8-11(15(18,19)20)23-24(9)7-4-12(26)21-5-3-6-25-14(17)13(16)10(2)22-25/h8H,3-7H2,1-2H3,(H,21,26). The zero-order chi connectivity index (χ0) is 19.5. The van der Waals surface area contributed by atoms with E-state index in [1.54, 1.807) is 11.6 Å². The molecule has 144 valence electrons. The quantitative estimate of drug-likeness (QED) is 0.707. The number of halogens is 5. The molecule has 2 rings (SSSR count). The highest BCUT2D eigenvalue weighted by molar-refractivity contribution is 6.41. The first-order chi connectivity index (χ1) is 12.1. The molecular formula is C15H18Cl2F3N5O. The van der Waals surface area contributed by atoms with Gasteiger partial charge in [0.25, 0.3) is 0 Å². The van der Waals surface area contributed by atoms with Crippen LogP contribution in [0.1, 0.15) is 29.9 Å². The number of carbonyl (C=O) groups is 1. The van der Waals surface area contributed by atoms with Crippen molar-refractivity contribution in [1.82, 2.24) is 24.9 Å². The van der Waals surface area contributed by atoms with E-state index in [4.69, 9.17) is 23.2 Å². The van der Waals surface area contributed by atoms with Crippen LogP contribution in [0, 0.1) is 13.8 Å². The van der Waals surface area contributed by atoms with E-state index in [0.29, 0.717) is 41.1 Å². The number of aromatic nitrogens is 4. The predicted octanol–water partition coefficient (Wildman–Crippen LogP) is 3.62. The summed E-state index contributed by atoms with van der Waals surface area (Å²) in [6.45, 7) is 4.21. The Bertz CT molecular complexity index is 785. The van der Waals surface area contributed by atoms with E-state index >= 15 is 0 Å². The molecule has 0 radical (unpaired) electrons. The normalized spacial score (nSPS) is 11.8. The maximum Gasteiger partial charge on any atom is 0.435 e. The second-order valence-electron chi connectivity index (χ2n) is 5.76. The lowest BCUT2D eigenvalue weighted by molar-refractivity contribution is -0.141. The number of amides is 1. The van der Waals surface area contributed by atoms with E-state index in [-0.39, 0.29) is 18.9 Å². The van der Waals surface area contributed by atoms with Crippen molar-refractivity contribution in [3.63, 3.8) is 0 Å². The van der Waals surface area contributed by atoms with Gasteiger partial charge in [0.15, 0.2) is 5.69 Å². The van der Waals surface area contributed by atoms with Crippen LogP contribution in [0.25, 0.3) is 0 Å². The van der Waals surface area contributed by atoms with Crippen molar-refractivity contribution < 1.29 is 18.0 Å². The number of rotatable bonds is 7. The van der Waals surface area contributed by atoms with Gasteiger partial charge in [0.05, 0.1) is 5.69 Å². The van der Waals surface area contributed by atoms with Crippen LogP contribution in [0.2, 0.25) is 10.2 Å². The lowest BCUT2D eigenvalue weighted by Crippen LogP contribution is -2.26. The number of carbonyl (C=O) groups excluding carboxylic acids is 1. The number of hydrogen-bond donors (Lipinski definition) is 1. The Morgan fingerprint density at radius 3 is 2.42 bits per heavy atom. The van der Waals surface area contributed by atoms with Crippen molar-refractivity contribution in [1.29, 1.82) is 0 Å². The number of nitrogens with zero attached hydrogens (tertiary/aromatic N) is 4. The first-order valence-corrected chi connectivity index (χ1v) is 8.62. The molecule has 0 saturated carbocycles. The largest absolute Gasteiger partial charge is 0.435 e. The molecule has 0 unspecified atom stereocenters. The molecule has 26 heavy (non-hydrogen) atoms. The third kappa shape index (κ3) is 5.14. The highest BCUT2D eigenvalue weighted by Gasteiger charge is 2.34. The van der Waals surface area contributed by atoms with E-state index in [1.165, 1.54) is 11.6 Å². The molecule has 11 heteroatoms. The number of aryl methyl sites for hydroxylation is 4. The molecule has 2 aromatic rings. The van der Waals surface area contributed by atoms with E-state index in [9.17, 15) is 18.0 Å². The third-order valence-corrected chi connectivity index (χ3v) is 4.62. The highest BCUT2D eigenvalue weighted by Crippen LogP contribution is 2.28. The first-order valence-electron chi connectivity index (χ1n) is 7.86. The van der Waals surface area contributed by atoms with Crippen LogP contribution >= 0.6 is 23.2 Å². The van der Waals surface area contributed by atoms with E-state index in [2.05, 4.69) is 15.5 Å². The Hall–Kier alpha value is -1.74. The maximum absolute atomic E-state index is 12.6. The summed E-state index contributed by atoms with van der Waals surface area (Å²) < 4.78 is 40.5. The van der Waals surface area contributed by atoms with E-state index in [1.807, 2.05) is 0 Å². The molecule has 2 heterocycles. The van der Waals surface area contributed by atoms with Crippen LogP contribution in [0.4, 0.5) is 13.2 Å². The molecular weight excluding hydrogens is 394 g/mol. The van der Waals surface area contributed by atoms with Gasteiger partial charge in [-0.25, -0.2) is 0 Å². The molecule has 0 aromatic carbocycles. The summed E-state index contributed by atoms with van der Waals surface area (Å²) in [7, 11) is 0. The molecule has 0 aliphatic rings. The van der Waals surface area contributed by atoms with Gasteiger partial charge in [0.1, 0.15) is 10.2 Å². The monoisotopic (exact) mass is 411 g/mol. The van der Waals surface area contributed by atoms with Gasteiger partial charge in [-0.15, -0.1) is 0 Å². The summed E-state index contributed by atoms with van der Waals surface area (Å²) in [5.74, 6) is -0.269. The fourth-order valence-corrected chi connectivity index (χ4v) is 2.70. The molecule has 1 amide bonds. The van der Waals surface area contributed by atoms with Crippen LogP contribution < -0.4 is 5.32 Å². The Labute approximate surface area is 158 Å². The average molecular weight is 412 g/mol. The third-order valence-electron chi connectivity index (χ3n) is 3.69. The van der Waals surface area contributed by atoms with Crippen LogP contribution in [0.5, 0.6) is 0 Å². The summed E-state index contributed by atoms with van der Waals surface area (Å²) in [4.78, 5) is 11.8. The molecule has 0 fully saturated rings. The van der Waals surface area contributed by atoms with Gasteiger partial charge in [-0.2, -0.15) is 23.4 Å². The smallest absolute Gasteiger partial charge is 0.356 e. The van der Waals surface area contributed by atoms with Crippen molar-refractivity contribution in [2.75, 3.05) is 6.54 Å². The summed E-state index contributed by atoms with van der Waals surface area (Å²) in [5.41, 5.74) is 0.0275. The van der Waals surface area contributed by atoms with Crippen molar-refractivity contribution in [2.24, 2.45) is 0 Å². The Morgan fingerprint density at radius 2 is 1.88 bits per heavy atom. The minimum Gasteiger partial charge on any atom is -0.356 e. The van der Waals surface area contributed by atoms with Crippen LogP contribution in [0.15, 0.2) is 6.07 Å². The molecule has 0 aliphatic carbocycles. The summed E-state index contributed by atoms with van der Waals surface area (Å²) >= 11 is 12.0. The van der Waals surface area contributed by atoms with Crippen molar-refractivity contribution in [3.8, 4) is 0 Å². The Balaban J connectivity index is 1.74. The van der Waals surface area contributed by atoms with E-state index in [0.717, 1.165) is 6.07 Å². The minimum atomic E-state index is -4.49. The lowest BCUT2D eigenvalue weighted by Gasteiger charge is -2.07. The van der Waals surface area contributed by atoms with Gasteiger partial charge < -0.3 is 5.32 Å². The lowest BCUT2D eigenvalue weighted by atomic mass is 10.3. The van der Waals surface area contributed by atoms with Crippen LogP contribution in [-0.2, 0) is 24.1 Å². The number of nitrogens with one attached hydrogen (secondary N) is 1. The molecule has 2 aromatic heterocycles. The second kappa shape index (κ2) is 8.30. The molecule has 1 N–H and O–H groups in total. The van der Waals surface area contributed by atoms with Gasteiger partial charge in [0, 0.05) is 31.7 Å². The van der Waals surface area contributed by atoms with Gasteiger partial charge >= 0.3 is 6.18 Å². The van der Waals surface area contributed by atoms with Crippen LogP contribution in [0.3, 0.4) is 0 Å². The highest BCUT2D eigenvalue weighted by atomic mass is 35.5. The van der Waals surface area contributed by atoms with Crippen molar-refractivity contribution in [2.45, 2.75) is 46.0 Å². The topological polar surface area (TPSA) is 64.7 Å². The second-order valence-corrected chi connectivity index (χ2v) is 6.49. The Morgan fingerprint density at radius 1 is 1.19 bits per heavy atom. The van der Waals surface area contributed by atoms with Crippen molar-refractivity contribution in [3.05, 3.63) is 33.3 Å². The average Bonchev–Trinajstić information content (AvgIpc) is 3.05. The summed E-state index contributed by atoms with van der Waals surface area (Å²) in [6, 6.07) is 0.957. The predicted molar refractivity (Wildman–Crippen MR) is 91.2 cm³/mol. The fourth-order valence-electron chi connectivity index (χ4n) is 2.31. The zero-order valence-corrected chi connectivity index (χ0v) is 15.7. The van der Waals surface area contributed by atoms with Crippen LogP contribution in [-0.4, -0.2) is 32.0 Å². The van der Waals surface area contributed by atoms with E-state index < -0.39 is 11.9 Å². The molecule has 0 atom stereocenters. The summed E-state index contributed by atoms with van der Waals surface area (Å²) in [5, 5.41) is 11.1. The molecule has 0 spiro atoms. The Kier molecular flexibility index (Phi) is 6.57. The number of hydrogen-bond acceptors (Lipinski definition) is 3. The van der Waals surface area contributed by atoms with Gasteiger partial charge in [-0.05, 0) is 26.3 Å². The van der Waals surface area contributed by atoms with Gasteiger partial charge in [0.2, 0.25) is 5.91 Å². The SMILES string of the molecule is Cc1nn(CCCNC(=O)CCn2nc(C(F)(F)F)cc2C)c(Cl)c1Cl. The number of alkyl halides is 3. The minimum absolute atomic E-state index is 0.0350. The molecule has 0 bridgehead atoms. The maximum atomic E-state index is 12.6. The fraction of sp³-hybridized carbons (Fsp3) is 0.533. The van der Waals surface area contributed by atoms with Crippen molar-refractivity contribution >= 4 is 29.1 Å². The zero-order valence-electron chi connectivity index (χ0n) is 14.2. The summed E-state index contributed by atoms with van der Waals surface area (Å²) in [6.07, 6.45) is -3.87. The first kappa shape index (κ1) is 20.6. The molecule has 6 nitrogen and oxygen atoms in total.